The lowest BCUT2D eigenvalue weighted by Crippen LogP contribution is -2.38. The summed E-state index contributed by atoms with van der Waals surface area (Å²) in [6.07, 6.45) is 3.74. The largest absolute Gasteiger partial charge is 0.325 e. The second-order valence-corrected chi connectivity index (χ2v) is 7.52. The van der Waals surface area contributed by atoms with Crippen LogP contribution in [-0.4, -0.2) is 21.1 Å². The van der Waals surface area contributed by atoms with Gasteiger partial charge in [-0.25, -0.2) is 4.98 Å². The lowest BCUT2D eigenvalue weighted by Gasteiger charge is -2.28. The number of H-pyrrole nitrogens is 1. The molecule has 138 valence electrons. The van der Waals surface area contributed by atoms with Gasteiger partial charge in [-0.1, -0.05) is 48.7 Å². The zero-order valence-electron chi connectivity index (χ0n) is 15.1. The average molecular weight is 381 g/mol. The van der Waals surface area contributed by atoms with Gasteiger partial charge in [0.2, 0.25) is 5.91 Å². The van der Waals surface area contributed by atoms with E-state index in [9.17, 15) is 4.79 Å². The third kappa shape index (κ3) is 3.47. The molecule has 4 rings (SSSR count). The van der Waals surface area contributed by atoms with Gasteiger partial charge in [-0.2, -0.15) is 5.10 Å². The molecular weight excluding hydrogens is 360 g/mol. The molecule has 0 spiro atoms. The van der Waals surface area contributed by atoms with Gasteiger partial charge in [0.15, 0.2) is 5.82 Å². The molecule has 2 aromatic carbocycles. The summed E-state index contributed by atoms with van der Waals surface area (Å²) in [5, 5.41) is 10.8. The number of anilines is 1. The predicted molar refractivity (Wildman–Crippen MR) is 107 cm³/mol. The molecule has 1 fully saturated rings. The van der Waals surface area contributed by atoms with Gasteiger partial charge in [-0.05, 0) is 49.6 Å². The van der Waals surface area contributed by atoms with Crippen molar-refractivity contribution in [1.82, 2.24) is 15.2 Å². The van der Waals surface area contributed by atoms with Crippen LogP contribution in [0.4, 0.5) is 5.69 Å². The molecule has 1 amide bonds. The van der Waals surface area contributed by atoms with Crippen molar-refractivity contribution in [3.8, 4) is 11.4 Å². The molecule has 1 aliphatic rings. The molecular formula is C21H21ClN4O. The molecule has 0 radical (unpaired) electrons. The van der Waals surface area contributed by atoms with Gasteiger partial charge in [0.25, 0.3) is 0 Å². The standard InChI is InChI=1S/C21H21ClN4O/c1-14-23-19(26-25-14)15-6-4-9-18(12-15)24-20(27)21(10-2-3-11-21)16-7-5-8-17(22)13-16/h4-9,12-13H,2-3,10-11H2,1H3,(H,24,27)(H,23,25,26). The zero-order chi connectivity index (χ0) is 18.9. The van der Waals surface area contributed by atoms with Gasteiger partial charge in [0.05, 0.1) is 5.41 Å². The van der Waals surface area contributed by atoms with Crippen molar-refractivity contribution < 1.29 is 4.79 Å². The fourth-order valence-corrected chi connectivity index (χ4v) is 4.06. The van der Waals surface area contributed by atoms with Gasteiger partial charge in [-0.15, -0.1) is 0 Å². The molecule has 0 bridgehead atoms. The Hall–Kier alpha value is -2.66. The lowest BCUT2D eigenvalue weighted by molar-refractivity contribution is -0.121. The van der Waals surface area contributed by atoms with Crippen LogP contribution in [-0.2, 0) is 10.2 Å². The van der Waals surface area contributed by atoms with E-state index in [2.05, 4.69) is 20.5 Å². The van der Waals surface area contributed by atoms with E-state index < -0.39 is 5.41 Å². The second-order valence-electron chi connectivity index (χ2n) is 7.08. The normalized spacial score (nSPS) is 15.6. The van der Waals surface area contributed by atoms with Crippen molar-refractivity contribution in [2.45, 2.75) is 38.0 Å². The van der Waals surface area contributed by atoms with Crippen LogP contribution in [0.25, 0.3) is 11.4 Å². The van der Waals surface area contributed by atoms with E-state index in [0.29, 0.717) is 10.8 Å². The number of nitrogens with one attached hydrogen (secondary N) is 2. The Bertz CT molecular complexity index is 976. The second kappa shape index (κ2) is 7.16. The Morgan fingerprint density at radius 3 is 2.63 bits per heavy atom. The summed E-state index contributed by atoms with van der Waals surface area (Å²) >= 11 is 6.19. The molecule has 5 nitrogen and oxygen atoms in total. The highest BCUT2D eigenvalue weighted by Crippen LogP contribution is 2.42. The first kappa shape index (κ1) is 17.7. The molecule has 1 aliphatic carbocycles. The number of aromatic nitrogens is 3. The number of amides is 1. The number of aromatic amines is 1. The first-order chi connectivity index (χ1) is 13.1. The minimum Gasteiger partial charge on any atom is -0.325 e. The molecule has 3 aromatic rings. The number of carbonyl (C=O) groups excluding carboxylic acids is 1. The number of benzene rings is 2. The van der Waals surface area contributed by atoms with E-state index in [1.807, 2.05) is 55.5 Å². The van der Waals surface area contributed by atoms with Gasteiger partial charge in [0, 0.05) is 16.3 Å². The number of carbonyl (C=O) groups is 1. The Labute approximate surface area is 163 Å². The molecule has 0 unspecified atom stereocenters. The summed E-state index contributed by atoms with van der Waals surface area (Å²) in [6, 6.07) is 15.3. The number of halogens is 1. The van der Waals surface area contributed by atoms with E-state index in [4.69, 9.17) is 11.6 Å². The maximum Gasteiger partial charge on any atom is 0.235 e. The summed E-state index contributed by atoms with van der Waals surface area (Å²) in [4.78, 5) is 17.7. The number of hydrogen-bond donors (Lipinski definition) is 2. The van der Waals surface area contributed by atoms with E-state index >= 15 is 0 Å². The molecule has 0 saturated heterocycles. The van der Waals surface area contributed by atoms with Gasteiger partial charge < -0.3 is 5.32 Å². The fraction of sp³-hybridized carbons (Fsp3) is 0.286. The topological polar surface area (TPSA) is 70.7 Å². The fourth-order valence-electron chi connectivity index (χ4n) is 3.87. The van der Waals surface area contributed by atoms with Crippen molar-refractivity contribution in [3.05, 3.63) is 64.9 Å². The number of nitrogens with zero attached hydrogens (tertiary/aromatic N) is 2. The highest BCUT2D eigenvalue weighted by molar-refractivity contribution is 6.30. The van der Waals surface area contributed by atoms with Crippen molar-refractivity contribution in [3.63, 3.8) is 0 Å². The number of hydrogen-bond acceptors (Lipinski definition) is 3. The lowest BCUT2D eigenvalue weighted by atomic mass is 9.78. The van der Waals surface area contributed by atoms with Crippen LogP contribution in [0.15, 0.2) is 48.5 Å². The molecule has 2 N–H and O–H groups in total. The quantitative estimate of drug-likeness (QED) is 0.677. The van der Waals surface area contributed by atoms with Crippen molar-refractivity contribution in [1.29, 1.82) is 0 Å². The summed E-state index contributed by atoms with van der Waals surface area (Å²) in [5.74, 6) is 1.39. The van der Waals surface area contributed by atoms with E-state index in [0.717, 1.165) is 48.3 Å². The number of rotatable bonds is 4. The molecule has 1 heterocycles. The van der Waals surface area contributed by atoms with E-state index in [1.54, 1.807) is 0 Å². The van der Waals surface area contributed by atoms with Crippen LogP contribution in [0.5, 0.6) is 0 Å². The first-order valence-electron chi connectivity index (χ1n) is 9.14. The van der Waals surface area contributed by atoms with Crippen molar-refractivity contribution in [2.75, 3.05) is 5.32 Å². The maximum absolute atomic E-state index is 13.3. The maximum atomic E-state index is 13.3. The van der Waals surface area contributed by atoms with Crippen LogP contribution < -0.4 is 5.32 Å². The summed E-state index contributed by atoms with van der Waals surface area (Å²) in [7, 11) is 0. The summed E-state index contributed by atoms with van der Waals surface area (Å²) < 4.78 is 0. The average Bonchev–Trinajstić information content (AvgIpc) is 3.32. The molecule has 0 aliphatic heterocycles. The monoisotopic (exact) mass is 380 g/mol. The summed E-state index contributed by atoms with van der Waals surface area (Å²) in [5.41, 5.74) is 2.07. The van der Waals surface area contributed by atoms with Crippen LogP contribution >= 0.6 is 11.6 Å². The molecule has 1 aromatic heterocycles. The molecule has 6 heteroatoms. The van der Waals surface area contributed by atoms with Crippen molar-refractivity contribution in [2.24, 2.45) is 0 Å². The third-order valence-corrected chi connectivity index (χ3v) is 5.48. The van der Waals surface area contributed by atoms with E-state index in [-0.39, 0.29) is 5.91 Å². The first-order valence-corrected chi connectivity index (χ1v) is 9.52. The predicted octanol–water partition coefficient (Wildman–Crippen LogP) is 4.88. The minimum absolute atomic E-state index is 0.0191. The SMILES string of the molecule is Cc1nc(-c2cccc(NC(=O)C3(c4cccc(Cl)c4)CCCC3)c2)n[nH]1. The Balaban J connectivity index is 1.62. The Morgan fingerprint density at radius 1 is 1.15 bits per heavy atom. The van der Waals surface area contributed by atoms with E-state index in [1.165, 1.54) is 0 Å². The van der Waals surface area contributed by atoms with Crippen LogP contribution in [0.2, 0.25) is 5.02 Å². The van der Waals surface area contributed by atoms with Crippen LogP contribution in [0, 0.1) is 6.92 Å². The smallest absolute Gasteiger partial charge is 0.235 e. The molecule has 1 saturated carbocycles. The van der Waals surface area contributed by atoms with Gasteiger partial charge >= 0.3 is 0 Å². The minimum atomic E-state index is -0.526. The third-order valence-electron chi connectivity index (χ3n) is 5.24. The Morgan fingerprint density at radius 2 is 1.93 bits per heavy atom. The van der Waals surface area contributed by atoms with Gasteiger partial charge in [-0.3, -0.25) is 9.89 Å². The highest BCUT2D eigenvalue weighted by atomic mass is 35.5. The van der Waals surface area contributed by atoms with Crippen LogP contribution in [0.1, 0.15) is 37.1 Å². The highest BCUT2D eigenvalue weighted by Gasteiger charge is 2.42. The van der Waals surface area contributed by atoms with Crippen LogP contribution in [0.3, 0.4) is 0 Å². The molecule has 27 heavy (non-hydrogen) atoms. The molecule has 0 atom stereocenters. The van der Waals surface area contributed by atoms with Gasteiger partial charge in [0.1, 0.15) is 5.82 Å². The summed E-state index contributed by atoms with van der Waals surface area (Å²) in [6.45, 7) is 1.86. The Kier molecular flexibility index (Phi) is 4.70. The van der Waals surface area contributed by atoms with Crippen molar-refractivity contribution >= 4 is 23.2 Å². The zero-order valence-corrected chi connectivity index (χ0v) is 15.9. The number of aryl methyl sites for hydroxylation is 1.